The van der Waals surface area contributed by atoms with Gasteiger partial charge in [-0.3, -0.25) is 9.35 Å². The summed E-state index contributed by atoms with van der Waals surface area (Å²) in [7, 11) is -4.04. The van der Waals surface area contributed by atoms with Gasteiger partial charge in [0.1, 0.15) is 5.78 Å². The quantitative estimate of drug-likeness (QED) is 0.312. The van der Waals surface area contributed by atoms with Crippen LogP contribution >= 0.6 is 0 Å². The fourth-order valence-electron chi connectivity index (χ4n) is 2.27. The fourth-order valence-corrected chi connectivity index (χ4v) is 3.08. The monoisotopic (exact) mass is 330 g/mol. The SMILES string of the molecule is CCCCCCCCCCCC(=O)C(C)CS(=O)(=O)O.[H-].[Na+]. The number of carbonyl (C=O) groups excluding carboxylic acids is 1. The van der Waals surface area contributed by atoms with Crippen molar-refractivity contribution >= 4 is 15.9 Å². The number of hydrogen-bond donors (Lipinski definition) is 1. The molecule has 21 heavy (non-hydrogen) atoms. The molecule has 0 bridgehead atoms. The van der Waals surface area contributed by atoms with E-state index >= 15 is 0 Å². The average molecular weight is 330 g/mol. The minimum atomic E-state index is -4.04. The molecule has 0 saturated carbocycles. The van der Waals surface area contributed by atoms with Gasteiger partial charge < -0.3 is 1.43 Å². The van der Waals surface area contributed by atoms with Gasteiger partial charge in [0.15, 0.2) is 0 Å². The smallest absolute Gasteiger partial charge is 1.00 e. The van der Waals surface area contributed by atoms with Gasteiger partial charge in [-0.1, -0.05) is 65.2 Å². The molecule has 0 aliphatic rings. The van der Waals surface area contributed by atoms with E-state index in [0.29, 0.717) is 6.42 Å². The van der Waals surface area contributed by atoms with Crippen LogP contribution < -0.4 is 29.6 Å². The van der Waals surface area contributed by atoms with Crippen molar-refractivity contribution in [2.75, 3.05) is 5.75 Å². The van der Waals surface area contributed by atoms with E-state index < -0.39 is 21.8 Å². The van der Waals surface area contributed by atoms with E-state index in [0.717, 1.165) is 19.3 Å². The van der Waals surface area contributed by atoms with E-state index in [2.05, 4.69) is 6.92 Å². The summed E-state index contributed by atoms with van der Waals surface area (Å²) >= 11 is 0. The summed E-state index contributed by atoms with van der Waals surface area (Å²) in [5.74, 6) is -1.12. The number of ketones is 1. The molecule has 0 heterocycles. The maximum atomic E-state index is 11.7. The topological polar surface area (TPSA) is 71.4 Å². The summed E-state index contributed by atoms with van der Waals surface area (Å²) in [6.07, 6.45) is 11.1. The Kier molecular flexibility index (Phi) is 16.1. The summed E-state index contributed by atoms with van der Waals surface area (Å²) < 4.78 is 30.0. The van der Waals surface area contributed by atoms with Crippen molar-refractivity contribution in [1.82, 2.24) is 0 Å². The molecule has 0 radical (unpaired) electrons. The van der Waals surface area contributed by atoms with Gasteiger partial charge in [0, 0.05) is 12.3 Å². The standard InChI is InChI=1S/C15H30O4S.Na.H/c1-3-4-5-6-7-8-9-10-11-12-15(16)14(2)13-20(17,18)19;;/h14H,3-13H2,1-2H3,(H,17,18,19);;/q;+1;-1. The van der Waals surface area contributed by atoms with Gasteiger partial charge in [0.25, 0.3) is 10.1 Å². The molecule has 0 saturated heterocycles. The van der Waals surface area contributed by atoms with Crippen molar-refractivity contribution in [2.24, 2.45) is 5.92 Å². The molecule has 1 unspecified atom stereocenters. The fraction of sp³-hybridized carbons (Fsp3) is 0.933. The third kappa shape index (κ3) is 16.8. The van der Waals surface area contributed by atoms with E-state index in [4.69, 9.17) is 4.55 Å². The van der Waals surface area contributed by atoms with Crippen molar-refractivity contribution in [2.45, 2.75) is 78.1 Å². The Morgan fingerprint density at radius 2 is 1.43 bits per heavy atom. The minimum absolute atomic E-state index is 0. The molecular formula is C15H31NaO4S. The van der Waals surface area contributed by atoms with Gasteiger partial charge in [-0.25, -0.2) is 0 Å². The van der Waals surface area contributed by atoms with E-state index in [-0.39, 0.29) is 36.8 Å². The van der Waals surface area contributed by atoms with E-state index in [1.807, 2.05) is 0 Å². The van der Waals surface area contributed by atoms with Crippen molar-refractivity contribution in [3.05, 3.63) is 0 Å². The first-order valence-electron chi connectivity index (χ1n) is 7.84. The molecule has 0 aromatic heterocycles. The second-order valence-electron chi connectivity index (χ2n) is 5.69. The minimum Gasteiger partial charge on any atom is -1.00 e. The second-order valence-corrected chi connectivity index (χ2v) is 7.19. The van der Waals surface area contributed by atoms with Crippen LogP contribution in [0.15, 0.2) is 0 Å². The number of carbonyl (C=O) groups is 1. The van der Waals surface area contributed by atoms with Crippen molar-refractivity contribution in [3.63, 3.8) is 0 Å². The van der Waals surface area contributed by atoms with Crippen molar-refractivity contribution in [3.8, 4) is 0 Å². The molecule has 122 valence electrons. The summed E-state index contributed by atoms with van der Waals surface area (Å²) in [6, 6.07) is 0. The van der Waals surface area contributed by atoms with Gasteiger partial charge >= 0.3 is 29.6 Å². The third-order valence-corrected chi connectivity index (χ3v) is 4.46. The Balaban J connectivity index is -0.00000180. The molecule has 0 fully saturated rings. The third-order valence-electron chi connectivity index (χ3n) is 3.54. The predicted molar refractivity (Wildman–Crippen MR) is 83.5 cm³/mol. The van der Waals surface area contributed by atoms with Gasteiger partial charge in [-0.15, -0.1) is 0 Å². The summed E-state index contributed by atoms with van der Waals surface area (Å²) in [6.45, 7) is 3.77. The second kappa shape index (κ2) is 14.2. The van der Waals surface area contributed by atoms with Crippen LogP contribution in [-0.4, -0.2) is 24.5 Å². The number of hydrogen-bond acceptors (Lipinski definition) is 3. The molecule has 1 atom stereocenters. The number of Topliss-reactive ketones (excluding diaryl/α,β-unsaturated/α-hetero) is 1. The molecule has 4 nitrogen and oxygen atoms in total. The van der Waals surface area contributed by atoms with Crippen LogP contribution in [-0.2, 0) is 14.9 Å². The first kappa shape index (κ1) is 23.8. The van der Waals surface area contributed by atoms with Crippen LogP contribution in [0, 0.1) is 5.92 Å². The molecular weight excluding hydrogens is 299 g/mol. The maximum Gasteiger partial charge on any atom is 1.00 e. The van der Waals surface area contributed by atoms with Crippen LogP contribution in [0.1, 0.15) is 79.5 Å². The Morgan fingerprint density at radius 1 is 1.00 bits per heavy atom. The van der Waals surface area contributed by atoms with Gasteiger partial charge in [-0.05, 0) is 6.42 Å². The van der Waals surface area contributed by atoms with Gasteiger partial charge in [0.05, 0.1) is 5.75 Å². The van der Waals surface area contributed by atoms with Crippen LogP contribution in [0.2, 0.25) is 0 Å². The molecule has 0 aliphatic carbocycles. The molecule has 0 aliphatic heterocycles. The molecule has 0 amide bonds. The molecule has 0 spiro atoms. The van der Waals surface area contributed by atoms with Crippen molar-refractivity contribution < 1.29 is 48.7 Å². The number of rotatable bonds is 13. The maximum absolute atomic E-state index is 11.7. The Hall–Kier alpha value is 0.580. The van der Waals surface area contributed by atoms with Gasteiger partial charge in [-0.2, -0.15) is 8.42 Å². The normalized spacial score (nSPS) is 12.7. The Morgan fingerprint density at radius 3 is 1.86 bits per heavy atom. The molecule has 0 aromatic rings. The van der Waals surface area contributed by atoms with E-state index in [9.17, 15) is 13.2 Å². The first-order valence-corrected chi connectivity index (χ1v) is 9.45. The van der Waals surface area contributed by atoms with Crippen LogP contribution in [0.4, 0.5) is 0 Å². The summed E-state index contributed by atoms with van der Waals surface area (Å²) in [5.41, 5.74) is 0. The van der Waals surface area contributed by atoms with Crippen molar-refractivity contribution in [1.29, 1.82) is 0 Å². The molecule has 0 aromatic carbocycles. The Bertz CT molecular complexity index is 361. The number of unbranched alkanes of at least 4 members (excludes halogenated alkanes) is 8. The van der Waals surface area contributed by atoms with E-state index in [1.54, 1.807) is 6.92 Å². The Labute approximate surface area is 154 Å². The zero-order chi connectivity index (χ0) is 15.4. The summed E-state index contributed by atoms with van der Waals surface area (Å²) in [5, 5.41) is 0. The molecule has 6 heteroatoms. The van der Waals surface area contributed by atoms with Gasteiger partial charge in [0.2, 0.25) is 0 Å². The molecule has 1 N–H and O–H groups in total. The van der Waals surface area contributed by atoms with Crippen LogP contribution in [0.25, 0.3) is 0 Å². The zero-order valence-corrected chi connectivity index (χ0v) is 16.8. The molecule has 0 rings (SSSR count). The zero-order valence-electron chi connectivity index (χ0n) is 14.9. The largest absolute Gasteiger partial charge is 1.00 e. The van der Waals surface area contributed by atoms with E-state index in [1.165, 1.54) is 38.5 Å². The average Bonchev–Trinajstić information content (AvgIpc) is 2.34. The summed E-state index contributed by atoms with van der Waals surface area (Å²) in [4.78, 5) is 11.7. The first-order chi connectivity index (χ1) is 9.37. The predicted octanol–water partition coefficient (Wildman–Crippen LogP) is 1.12. The van der Waals surface area contributed by atoms with Crippen LogP contribution in [0.3, 0.4) is 0 Å². The van der Waals surface area contributed by atoms with Crippen LogP contribution in [0.5, 0.6) is 0 Å².